The Kier molecular flexibility index (Phi) is 2.95. The number of aromatic carboxylic acids is 1. The van der Waals surface area contributed by atoms with Crippen LogP contribution in [0.25, 0.3) is 11.3 Å². The predicted molar refractivity (Wildman–Crippen MR) is 71.4 cm³/mol. The molecule has 0 aliphatic heterocycles. The Balaban J connectivity index is 1.99. The van der Waals surface area contributed by atoms with Gasteiger partial charge >= 0.3 is 5.97 Å². The third-order valence-electron chi connectivity index (χ3n) is 3.20. The predicted octanol–water partition coefficient (Wildman–Crippen LogP) is 3.37. The molecule has 1 saturated carbocycles. The minimum atomic E-state index is -1.07. The zero-order valence-electron chi connectivity index (χ0n) is 10.0. The number of carboxylic acids is 1. The summed E-state index contributed by atoms with van der Waals surface area (Å²) in [5.74, 6) is -0.481. The lowest BCUT2D eigenvalue weighted by Gasteiger charge is -2.06. The van der Waals surface area contributed by atoms with Gasteiger partial charge in [-0.25, -0.2) is 14.8 Å². The van der Waals surface area contributed by atoms with Gasteiger partial charge in [-0.1, -0.05) is 23.7 Å². The summed E-state index contributed by atoms with van der Waals surface area (Å²) in [4.78, 5) is 18.7. The smallest absolute Gasteiger partial charge is 0.354 e. The molecule has 3 rings (SSSR count). The van der Waals surface area contributed by atoms with Gasteiger partial charge in [0.25, 0.3) is 0 Å². The molecule has 2 aromatic rings. The van der Waals surface area contributed by atoms with Gasteiger partial charge in [0.05, 0.1) is 5.69 Å². The van der Waals surface area contributed by atoms with E-state index < -0.39 is 5.97 Å². The Labute approximate surface area is 115 Å². The highest BCUT2D eigenvalue weighted by Gasteiger charge is 2.25. The van der Waals surface area contributed by atoms with E-state index in [1.165, 1.54) is 25.2 Å². The van der Waals surface area contributed by atoms with E-state index in [-0.39, 0.29) is 5.69 Å². The Bertz CT molecular complexity index is 654. The summed E-state index contributed by atoms with van der Waals surface area (Å²) in [7, 11) is 0. The van der Waals surface area contributed by atoms with E-state index in [1.54, 1.807) is 0 Å². The van der Waals surface area contributed by atoms with E-state index in [2.05, 4.69) is 9.97 Å². The van der Waals surface area contributed by atoms with E-state index in [9.17, 15) is 4.79 Å². The Morgan fingerprint density at radius 1 is 1.26 bits per heavy atom. The zero-order valence-corrected chi connectivity index (χ0v) is 10.8. The summed E-state index contributed by atoms with van der Waals surface area (Å²) in [6.45, 7) is 0. The quantitative estimate of drug-likeness (QED) is 0.932. The van der Waals surface area contributed by atoms with E-state index in [0.717, 1.165) is 16.1 Å². The van der Waals surface area contributed by atoms with E-state index in [0.29, 0.717) is 11.6 Å². The number of carboxylic acid groups (broad SMARTS) is 1. The van der Waals surface area contributed by atoms with Crippen molar-refractivity contribution in [1.29, 1.82) is 0 Å². The SMILES string of the molecule is O=C(O)c1cc(-c2ccc(C3CC3)c(Cl)c2)ncn1. The summed E-state index contributed by atoms with van der Waals surface area (Å²) in [6.07, 6.45) is 3.63. The summed E-state index contributed by atoms with van der Waals surface area (Å²) < 4.78 is 0. The van der Waals surface area contributed by atoms with Crippen molar-refractivity contribution in [2.45, 2.75) is 18.8 Å². The molecule has 1 heterocycles. The van der Waals surface area contributed by atoms with Crippen molar-refractivity contribution in [2.24, 2.45) is 0 Å². The number of halogens is 1. The van der Waals surface area contributed by atoms with Crippen molar-refractivity contribution >= 4 is 17.6 Å². The second kappa shape index (κ2) is 4.63. The van der Waals surface area contributed by atoms with Crippen LogP contribution in [-0.4, -0.2) is 21.0 Å². The fourth-order valence-electron chi connectivity index (χ4n) is 2.04. The Morgan fingerprint density at radius 2 is 2.05 bits per heavy atom. The van der Waals surface area contributed by atoms with Gasteiger partial charge in [0.15, 0.2) is 5.69 Å². The van der Waals surface area contributed by atoms with Gasteiger partial charge in [-0.05, 0) is 36.5 Å². The Morgan fingerprint density at radius 3 is 2.68 bits per heavy atom. The van der Waals surface area contributed by atoms with Gasteiger partial charge in [0.2, 0.25) is 0 Å². The maximum absolute atomic E-state index is 10.9. The van der Waals surface area contributed by atoms with Crippen molar-refractivity contribution in [3.8, 4) is 11.3 Å². The second-order valence-corrected chi connectivity index (χ2v) is 5.01. The number of hydrogen-bond acceptors (Lipinski definition) is 3. The number of aromatic nitrogens is 2. The molecule has 19 heavy (non-hydrogen) atoms. The van der Waals surface area contributed by atoms with E-state index >= 15 is 0 Å². The second-order valence-electron chi connectivity index (χ2n) is 4.60. The van der Waals surface area contributed by atoms with Gasteiger partial charge in [0.1, 0.15) is 6.33 Å². The fraction of sp³-hybridized carbons (Fsp3) is 0.214. The summed E-state index contributed by atoms with van der Waals surface area (Å²) >= 11 is 6.26. The first-order valence-electron chi connectivity index (χ1n) is 6.00. The number of nitrogens with zero attached hydrogens (tertiary/aromatic N) is 2. The van der Waals surface area contributed by atoms with Crippen LogP contribution in [0.15, 0.2) is 30.6 Å². The Hall–Kier alpha value is -1.94. The fourth-order valence-corrected chi connectivity index (χ4v) is 2.38. The van der Waals surface area contributed by atoms with Crippen LogP contribution in [0.3, 0.4) is 0 Å². The van der Waals surface area contributed by atoms with Crippen LogP contribution in [0.5, 0.6) is 0 Å². The topological polar surface area (TPSA) is 63.1 Å². The number of rotatable bonds is 3. The molecule has 0 bridgehead atoms. The van der Waals surface area contributed by atoms with Crippen molar-refractivity contribution in [1.82, 2.24) is 9.97 Å². The molecule has 1 fully saturated rings. The van der Waals surface area contributed by atoms with Gasteiger partial charge in [-0.3, -0.25) is 0 Å². The molecule has 1 aliphatic rings. The molecular formula is C14H11ClN2O2. The van der Waals surface area contributed by atoms with Gasteiger partial charge < -0.3 is 5.11 Å². The molecule has 1 aromatic carbocycles. The van der Waals surface area contributed by atoms with Crippen LogP contribution in [0.2, 0.25) is 5.02 Å². The molecule has 0 amide bonds. The lowest BCUT2D eigenvalue weighted by atomic mass is 10.1. The summed E-state index contributed by atoms with van der Waals surface area (Å²) in [5.41, 5.74) is 2.52. The molecule has 0 spiro atoms. The molecule has 0 saturated heterocycles. The summed E-state index contributed by atoms with van der Waals surface area (Å²) in [5, 5.41) is 9.64. The largest absolute Gasteiger partial charge is 0.477 e. The zero-order chi connectivity index (χ0) is 13.4. The van der Waals surface area contributed by atoms with Crippen LogP contribution in [-0.2, 0) is 0 Å². The maximum Gasteiger partial charge on any atom is 0.354 e. The minimum absolute atomic E-state index is 0.0209. The molecule has 96 valence electrons. The minimum Gasteiger partial charge on any atom is -0.477 e. The third kappa shape index (κ3) is 2.44. The normalized spacial score (nSPS) is 14.4. The first-order chi connectivity index (χ1) is 9.15. The van der Waals surface area contributed by atoms with Crippen molar-refractivity contribution in [2.75, 3.05) is 0 Å². The molecule has 1 aliphatic carbocycles. The van der Waals surface area contributed by atoms with Crippen LogP contribution >= 0.6 is 11.6 Å². The van der Waals surface area contributed by atoms with Gasteiger partial charge in [-0.15, -0.1) is 0 Å². The molecule has 1 aromatic heterocycles. The van der Waals surface area contributed by atoms with Crippen molar-refractivity contribution in [3.63, 3.8) is 0 Å². The van der Waals surface area contributed by atoms with Gasteiger partial charge in [-0.2, -0.15) is 0 Å². The molecule has 0 atom stereocenters. The standard InChI is InChI=1S/C14H11ClN2O2/c15-11-5-9(3-4-10(11)8-1-2-8)12-6-13(14(18)19)17-7-16-12/h3-8H,1-2H2,(H,18,19). The van der Waals surface area contributed by atoms with Crippen LogP contribution < -0.4 is 0 Å². The molecule has 4 nitrogen and oxygen atoms in total. The molecule has 0 radical (unpaired) electrons. The molecular weight excluding hydrogens is 264 g/mol. The number of carbonyl (C=O) groups is 1. The lowest BCUT2D eigenvalue weighted by Crippen LogP contribution is -2.01. The summed E-state index contributed by atoms with van der Waals surface area (Å²) in [6, 6.07) is 7.21. The maximum atomic E-state index is 10.9. The first kappa shape index (κ1) is 12.1. The van der Waals surface area contributed by atoms with Crippen molar-refractivity contribution < 1.29 is 9.90 Å². The van der Waals surface area contributed by atoms with Crippen LogP contribution in [0.4, 0.5) is 0 Å². The average Bonchev–Trinajstić information content (AvgIpc) is 3.23. The lowest BCUT2D eigenvalue weighted by molar-refractivity contribution is 0.0690. The molecule has 5 heteroatoms. The monoisotopic (exact) mass is 274 g/mol. The number of hydrogen-bond donors (Lipinski definition) is 1. The molecule has 1 N–H and O–H groups in total. The van der Waals surface area contributed by atoms with Crippen LogP contribution in [0.1, 0.15) is 34.8 Å². The molecule has 0 unspecified atom stereocenters. The highest BCUT2D eigenvalue weighted by atomic mass is 35.5. The van der Waals surface area contributed by atoms with Gasteiger partial charge in [0, 0.05) is 10.6 Å². The highest BCUT2D eigenvalue weighted by Crippen LogP contribution is 2.43. The van der Waals surface area contributed by atoms with E-state index in [4.69, 9.17) is 16.7 Å². The van der Waals surface area contributed by atoms with Crippen molar-refractivity contribution in [3.05, 3.63) is 46.9 Å². The third-order valence-corrected chi connectivity index (χ3v) is 3.53. The average molecular weight is 275 g/mol. The highest BCUT2D eigenvalue weighted by molar-refractivity contribution is 6.31. The van der Waals surface area contributed by atoms with Crippen LogP contribution in [0, 0.1) is 0 Å². The number of benzene rings is 1. The van der Waals surface area contributed by atoms with E-state index in [1.807, 2.05) is 18.2 Å². The first-order valence-corrected chi connectivity index (χ1v) is 6.38.